The number of aromatic nitrogens is 3. The minimum atomic E-state index is -0.335. The molecule has 7 heteroatoms. The van der Waals surface area contributed by atoms with Gasteiger partial charge >= 0.3 is 0 Å². The topological polar surface area (TPSA) is 101 Å². The summed E-state index contributed by atoms with van der Waals surface area (Å²) in [5, 5.41) is 13.5. The third-order valence-electron chi connectivity index (χ3n) is 4.73. The van der Waals surface area contributed by atoms with E-state index in [9.17, 15) is 9.65 Å². The number of nitrogens with zero attached hydrogens (tertiary/aromatic N) is 4. The number of halogens is 1. The molecule has 2 heterocycles. The average molecular weight is 384 g/mol. The predicted molar refractivity (Wildman–Crippen MR) is 110 cm³/mol. The number of benzene rings is 2. The van der Waals surface area contributed by atoms with Crippen molar-refractivity contribution in [3.8, 4) is 17.2 Å². The van der Waals surface area contributed by atoms with Gasteiger partial charge in [0.1, 0.15) is 35.4 Å². The molecule has 2 aromatic carbocycles. The maximum atomic E-state index is 13.7. The summed E-state index contributed by atoms with van der Waals surface area (Å²) in [6.07, 6.45) is 3.03. The van der Waals surface area contributed by atoms with E-state index in [0.717, 1.165) is 22.1 Å². The van der Waals surface area contributed by atoms with Gasteiger partial charge in [-0.1, -0.05) is 30.3 Å². The second-order valence-corrected chi connectivity index (χ2v) is 6.58. The molecule has 0 spiro atoms. The van der Waals surface area contributed by atoms with E-state index in [-0.39, 0.29) is 23.2 Å². The SMILES string of the molecule is C[C@@H](Nc1ncnc(N)c1C#N)c1cnc2cc(F)ccc2c1-c1ccccc1. The zero-order chi connectivity index (χ0) is 20.4. The predicted octanol–water partition coefficient (Wildman–Crippen LogP) is 4.46. The minimum Gasteiger partial charge on any atom is -0.382 e. The molecule has 0 aliphatic rings. The molecule has 0 radical (unpaired) electrons. The maximum absolute atomic E-state index is 13.7. The molecule has 3 N–H and O–H groups in total. The summed E-state index contributed by atoms with van der Waals surface area (Å²) in [5.41, 5.74) is 9.37. The fourth-order valence-electron chi connectivity index (χ4n) is 3.34. The van der Waals surface area contributed by atoms with E-state index in [1.807, 2.05) is 43.3 Å². The van der Waals surface area contributed by atoms with Crippen molar-refractivity contribution in [1.29, 1.82) is 5.26 Å². The normalized spacial score (nSPS) is 11.8. The van der Waals surface area contributed by atoms with Crippen LogP contribution in [-0.4, -0.2) is 15.0 Å². The van der Waals surface area contributed by atoms with Gasteiger partial charge in [-0.3, -0.25) is 4.98 Å². The fourth-order valence-corrected chi connectivity index (χ4v) is 3.34. The Hall–Kier alpha value is -4.05. The second kappa shape index (κ2) is 7.52. The van der Waals surface area contributed by atoms with Crippen LogP contribution in [0.4, 0.5) is 16.0 Å². The summed E-state index contributed by atoms with van der Waals surface area (Å²) in [7, 11) is 0. The molecular formula is C22H17FN6. The Morgan fingerprint density at radius 3 is 2.66 bits per heavy atom. The van der Waals surface area contributed by atoms with Crippen LogP contribution < -0.4 is 11.1 Å². The number of nitrogen functional groups attached to an aromatic ring is 1. The van der Waals surface area contributed by atoms with E-state index in [0.29, 0.717) is 11.3 Å². The summed E-state index contributed by atoms with van der Waals surface area (Å²) in [4.78, 5) is 12.5. The molecule has 0 aliphatic heterocycles. The Morgan fingerprint density at radius 1 is 1.10 bits per heavy atom. The van der Waals surface area contributed by atoms with Crippen molar-refractivity contribution in [3.05, 3.63) is 78.0 Å². The monoisotopic (exact) mass is 384 g/mol. The van der Waals surface area contributed by atoms with Crippen molar-refractivity contribution in [3.63, 3.8) is 0 Å². The molecule has 0 aliphatic carbocycles. The van der Waals surface area contributed by atoms with Crippen LogP contribution in [0.1, 0.15) is 24.1 Å². The fraction of sp³-hybridized carbons (Fsp3) is 0.0909. The van der Waals surface area contributed by atoms with E-state index in [1.165, 1.54) is 18.5 Å². The number of hydrogen-bond donors (Lipinski definition) is 2. The Balaban J connectivity index is 1.87. The first-order valence-electron chi connectivity index (χ1n) is 8.99. The van der Waals surface area contributed by atoms with Gasteiger partial charge in [-0.15, -0.1) is 0 Å². The number of nitrogens with two attached hydrogens (primary N) is 1. The van der Waals surface area contributed by atoms with Gasteiger partial charge in [0.05, 0.1) is 11.6 Å². The van der Waals surface area contributed by atoms with Gasteiger partial charge in [-0.2, -0.15) is 5.26 Å². The molecule has 0 fully saturated rings. The zero-order valence-electron chi connectivity index (χ0n) is 15.6. The lowest BCUT2D eigenvalue weighted by molar-refractivity contribution is 0.629. The molecule has 0 unspecified atom stereocenters. The number of fused-ring (bicyclic) bond motifs is 1. The third-order valence-corrected chi connectivity index (χ3v) is 4.73. The third kappa shape index (κ3) is 3.44. The Kier molecular flexibility index (Phi) is 4.75. The van der Waals surface area contributed by atoms with E-state index in [1.54, 1.807) is 12.3 Å². The number of anilines is 2. The Bertz CT molecular complexity index is 1230. The van der Waals surface area contributed by atoms with Crippen molar-refractivity contribution in [2.24, 2.45) is 0 Å². The lowest BCUT2D eigenvalue weighted by Gasteiger charge is -2.20. The lowest BCUT2D eigenvalue weighted by atomic mass is 9.93. The molecule has 0 saturated heterocycles. The van der Waals surface area contributed by atoms with Crippen molar-refractivity contribution in [1.82, 2.24) is 15.0 Å². The van der Waals surface area contributed by atoms with Crippen molar-refractivity contribution in [2.75, 3.05) is 11.1 Å². The summed E-state index contributed by atoms with van der Waals surface area (Å²) in [6.45, 7) is 1.94. The van der Waals surface area contributed by atoms with Crippen LogP contribution in [0.15, 0.2) is 61.1 Å². The van der Waals surface area contributed by atoms with Gasteiger partial charge in [-0.25, -0.2) is 14.4 Å². The molecule has 29 heavy (non-hydrogen) atoms. The highest BCUT2D eigenvalue weighted by atomic mass is 19.1. The first-order valence-corrected chi connectivity index (χ1v) is 8.99. The van der Waals surface area contributed by atoms with Crippen LogP contribution in [-0.2, 0) is 0 Å². The van der Waals surface area contributed by atoms with Gasteiger partial charge in [0.15, 0.2) is 0 Å². The molecule has 6 nitrogen and oxygen atoms in total. The van der Waals surface area contributed by atoms with Crippen LogP contribution in [0.2, 0.25) is 0 Å². The van der Waals surface area contributed by atoms with Crippen molar-refractivity contribution in [2.45, 2.75) is 13.0 Å². The van der Waals surface area contributed by atoms with Gasteiger partial charge < -0.3 is 11.1 Å². The van der Waals surface area contributed by atoms with Gasteiger partial charge in [0.2, 0.25) is 0 Å². The zero-order valence-corrected chi connectivity index (χ0v) is 15.6. The smallest absolute Gasteiger partial charge is 0.150 e. The molecular weight excluding hydrogens is 367 g/mol. The molecule has 2 aromatic heterocycles. The first-order chi connectivity index (χ1) is 14.1. The first kappa shape index (κ1) is 18.3. The van der Waals surface area contributed by atoms with Crippen LogP contribution in [0.25, 0.3) is 22.0 Å². The minimum absolute atomic E-state index is 0.118. The van der Waals surface area contributed by atoms with Crippen LogP contribution in [0, 0.1) is 17.1 Å². The number of nitriles is 1. The van der Waals surface area contributed by atoms with Crippen LogP contribution >= 0.6 is 0 Å². The summed E-state index contributed by atoms with van der Waals surface area (Å²) < 4.78 is 13.7. The molecule has 0 bridgehead atoms. The van der Waals surface area contributed by atoms with E-state index in [4.69, 9.17) is 5.73 Å². The number of rotatable bonds is 4. The standard InChI is InChI=1S/C22H17FN6/c1-13(29-22-17(10-24)21(25)27-12-28-22)18-11-26-19-9-15(23)7-8-16(19)20(18)14-5-3-2-4-6-14/h2-9,11-13H,1H3,(H3,25,27,28,29)/t13-/m1/s1. The van der Waals surface area contributed by atoms with Crippen LogP contribution in [0.5, 0.6) is 0 Å². The molecule has 0 saturated carbocycles. The molecule has 142 valence electrons. The van der Waals surface area contributed by atoms with Gasteiger partial charge in [-0.05, 0) is 30.2 Å². The maximum Gasteiger partial charge on any atom is 0.150 e. The Labute approximate surface area is 166 Å². The average Bonchev–Trinajstić information content (AvgIpc) is 2.73. The van der Waals surface area contributed by atoms with Gasteiger partial charge in [0.25, 0.3) is 0 Å². The number of nitrogens with one attached hydrogen (secondary N) is 1. The highest BCUT2D eigenvalue weighted by Crippen LogP contribution is 2.35. The van der Waals surface area contributed by atoms with E-state index in [2.05, 4.69) is 20.3 Å². The van der Waals surface area contributed by atoms with Crippen LogP contribution in [0.3, 0.4) is 0 Å². The summed E-state index contributed by atoms with van der Waals surface area (Å²) in [6, 6.07) is 16.2. The highest BCUT2D eigenvalue weighted by molar-refractivity contribution is 5.96. The van der Waals surface area contributed by atoms with E-state index < -0.39 is 0 Å². The van der Waals surface area contributed by atoms with Crippen molar-refractivity contribution < 1.29 is 4.39 Å². The molecule has 0 amide bonds. The van der Waals surface area contributed by atoms with Crippen molar-refractivity contribution >= 4 is 22.5 Å². The van der Waals surface area contributed by atoms with Gasteiger partial charge in [0, 0.05) is 23.2 Å². The number of pyridine rings is 1. The molecule has 4 aromatic rings. The highest BCUT2D eigenvalue weighted by Gasteiger charge is 2.19. The van der Waals surface area contributed by atoms with E-state index >= 15 is 0 Å². The lowest BCUT2D eigenvalue weighted by Crippen LogP contribution is -2.12. The summed E-state index contributed by atoms with van der Waals surface area (Å²) >= 11 is 0. The second-order valence-electron chi connectivity index (χ2n) is 6.58. The quantitative estimate of drug-likeness (QED) is 0.539. The largest absolute Gasteiger partial charge is 0.382 e. The number of hydrogen-bond acceptors (Lipinski definition) is 6. The Morgan fingerprint density at radius 2 is 1.90 bits per heavy atom. The molecule has 4 rings (SSSR count). The summed E-state index contributed by atoms with van der Waals surface area (Å²) in [5.74, 6) is 0.136. The molecule has 1 atom stereocenters.